The average Bonchev–Trinajstić information content (AvgIpc) is 3.21. The molecule has 1 amide bonds. The molecule has 3 aromatic rings. The number of aromatic nitrogens is 1. The predicted octanol–water partition coefficient (Wildman–Crippen LogP) is 5.22. The van der Waals surface area contributed by atoms with Crippen molar-refractivity contribution in [2.75, 3.05) is 4.90 Å². The van der Waals surface area contributed by atoms with Crippen molar-refractivity contribution in [3.8, 4) is 11.1 Å². The van der Waals surface area contributed by atoms with Gasteiger partial charge >= 0.3 is 7.12 Å². The maximum absolute atomic E-state index is 13.1. The van der Waals surface area contributed by atoms with E-state index in [9.17, 15) is 4.79 Å². The first kappa shape index (κ1) is 21.9. The van der Waals surface area contributed by atoms with Gasteiger partial charge in [0.25, 0.3) is 0 Å². The van der Waals surface area contributed by atoms with E-state index in [1.54, 1.807) is 6.20 Å². The van der Waals surface area contributed by atoms with Crippen LogP contribution in [-0.2, 0) is 14.1 Å². The van der Waals surface area contributed by atoms with Gasteiger partial charge in [0, 0.05) is 23.5 Å². The Hall–Kier alpha value is -2.96. The van der Waals surface area contributed by atoms with E-state index in [2.05, 4.69) is 24.0 Å². The summed E-state index contributed by atoms with van der Waals surface area (Å²) in [6.07, 6.45) is 4.43. The summed E-state index contributed by atoms with van der Waals surface area (Å²) in [5.41, 5.74) is 5.06. The molecule has 1 unspecified atom stereocenters. The number of hydrogen-bond donors (Lipinski definition) is 0. The van der Waals surface area contributed by atoms with Crippen LogP contribution in [0.2, 0.25) is 0 Å². The number of hydrogen-bond acceptors (Lipinski definition) is 4. The van der Waals surface area contributed by atoms with Crippen molar-refractivity contribution in [3.63, 3.8) is 0 Å². The molecule has 1 saturated heterocycles. The van der Waals surface area contributed by atoms with Crippen LogP contribution in [0.4, 0.5) is 11.4 Å². The molecule has 0 spiro atoms. The van der Waals surface area contributed by atoms with E-state index in [1.807, 2.05) is 81.3 Å². The lowest BCUT2D eigenvalue weighted by Crippen LogP contribution is -2.41. The van der Waals surface area contributed by atoms with Gasteiger partial charge in [-0.05, 0) is 69.0 Å². The highest BCUT2D eigenvalue weighted by atomic mass is 16.7. The Kier molecular flexibility index (Phi) is 5.18. The molecule has 2 aromatic carbocycles. The van der Waals surface area contributed by atoms with Gasteiger partial charge in [0.15, 0.2) is 0 Å². The van der Waals surface area contributed by atoms with Crippen molar-refractivity contribution >= 4 is 29.9 Å². The summed E-state index contributed by atoms with van der Waals surface area (Å²) in [6, 6.07) is 18.2. The molecule has 168 valence electrons. The second-order valence-corrected chi connectivity index (χ2v) is 9.84. The van der Waals surface area contributed by atoms with Gasteiger partial charge in [-0.25, -0.2) is 0 Å². The number of para-hydroxylation sites is 1. The molecule has 5 nitrogen and oxygen atoms in total. The van der Waals surface area contributed by atoms with Crippen LogP contribution in [0, 0.1) is 0 Å². The van der Waals surface area contributed by atoms with Crippen LogP contribution >= 0.6 is 0 Å². The number of nitrogens with zero attached hydrogens (tertiary/aromatic N) is 2. The maximum atomic E-state index is 13.1. The molecule has 0 radical (unpaired) electrons. The summed E-state index contributed by atoms with van der Waals surface area (Å²) in [5.74, 6) is 0.0533. The van der Waals surface area contributed by atoms with Gasteiger partial charge in [0.05, 0.1) is 22.8 Å². The Balaban J connectivity index is 1.43. The summed E-state index contributed by atoms with van der Waals surface area (Å²) in [4.78, 5) is 19.4. The van der Waals surface area contributed by atoms with Crippen LogP contribution < -0.4 is 10.4 Å². The Morgan fingerprint density at radius 2 is 1.61 bits per heavy atom. The lowest BCUT2D eigenvalue weighted by molar-refractivity contribution is -0.118. The molecular weight excluding hydrogens is 411 g/mol. The van der Waals surface area contributed by atoms with Crippen molar-refractivity contribution in [2.45, 2.75) is 58.2 Å². The molecule has 1 aromatic heterocycles. The number of rotatable bonds is 4. The number of pyridine rings is 1. The molecule has 0 bridgehead atoms. The standard InChI is InChI=1S/C27H29BN2O3/c1-6-22-23-9-7-8-10-24(23)30(25(22)31)21-13-11-18(12-14-21)19-15-20(17-29-16-19)28-32-26(2,3)27(4,5)33-28/h7-17,22H,6H2,1-5H3. The van der Waals surface area contributed by atoms with Gasteiger partial charge in [-0.3, -0.25) is 14.7 Å². The van der Waals surface area contributed by atoms with Crippen molar-refractivity contribution in [1.29, 1.82) is 0 Å². The molecule has 1 atom stereocenters. The molecule has 2 aliphatic rings. The first-order valence-corrected chi connectivity index (χ1v) is 11.6. The highest BCUT2D eigenvalue weighted by Gasteiger charge is 2.51. The third-order valence-corrected chi connectivity index (χ3v) is 7.22. The van der Waals surface area contributed by atoms with E-state index in [1.165, 1.54) is 0 Å². The number of benzene rings is 2. The molecule has 33 heavy (non-hydrogen) atoms. The molecule has 5 rings (SSSR count). The van der Waals surface area contributed by atoms with Crippen LogP contribution in [0.1, 0.15) is 52.5 Å². The van der Waals surface area contributed by atoms with Crippen molar-refractivity contribution in [1.82, 2.24) is 4.98 Å². The first-order valence-electron chi connectivity index (χ1n) is 11.6. The minimum absolute atomic E-state index is 0.0818. The van der Waals surface area contributed by atoms with Crippen LogP contribution in [0.15, 0.2) is 67.0 Å². The Labute approximate surface area is 195 Å². The molecule has 3 heterocycles. The van der Waals surface area contributed by atoms with Gasteiger partial charge in [-0.15, -0.1) is 0 Å². The van der Waals surface area contributed by atoms with E-state index in [4.69, 9.17) is 9.31 Å². The fourth-order valence-corrected chi connectivity index (χ4v) is 4.58. The lowest BCUT2D eigenvalue weighted by Gasteiger charge is -2.32. The smallest absolute Gasteiger partial charge is 0.399 e. The largest absolute Gasteiger partial charge is 0.496 e. The highest BCUT2D eigenvalue weighted by molar-refractivity contribution is 6.62. The summed E-state index contributed by atoms with van der Waals surface area (Å²) in [5, 5.41) is 0. The molecule has 0 aliphatic carbocycles. The highest BCUT2D eigenvalue weighted by Crippen LogP contribution is 2.43. The number of anilines is 2. The molecule has 6 heteroatoms. The topological polar surface area (TPSA) is 51.7 Å². The Morgan fingerprint density at radius 1 is 0.939 bits per heavy atom. The fourth-order valence-electron chi connectivity index (χ4n) is 4.58. The predicted molar refractivity (Wildman–Crippen MR) is 132 cm³/mol. The van der Waals surface area contributed by atoms with Crippen molar-refractivity contribution in [2.24, 2.45) is 0 Å². The summed E-state index contributed by atoms with van der Waals surface area (Å²) < 4.78 is 12.4. The number of carbonyl (C=O) groups excluding carboxylic acids is 1. The Morgan fingerprint density at radius 3 is 2.27 bits per heavy atom. The lowest BCUT2D eigenvalue weighted by atomic mass is 9.79. The van der Waals surface area contributed by atoms with Gasteiger partial charge in [0.2, 0.25) is 5.91 Å². The average molecular weight is 440 g/mol. The summed E-state index contributed by atoms with van der Waals surface area (Å²) in [7, 11) is -0.452. The van der Waals surface area contributed by atoms with E-state index in [0.29, 0.717) is 0 Å². The van der Waals surface area contributed by atoms with Crippen LogP contribution in [0.5, 0.6) is 0 Å². The van der Waals surface area contributed by atoms with Crippen molar-refractivity contribution < 1.29 is 14.1 Å². The maximum Gasteiger partial charge on any atom is 0.496 e. The van der Waals surface area contributed by atoms with Crippen molar-refractivity contribution in [3.05, 3.63) is 72.6 Å². The van der Waals surface area contributed by atoms with Crippen LogP contribution in [-0.4, -0.2) is 29.2 Å². The molecule has 0 N–H and O–H groups in total. The zero-order valence-electron chi connectivity index (χ0n) is 19.8. The van der Waals surface area contributed by atoms with E-state index in [0.717, 1.165) is 39.9 Å². The SMILES string of the molecule is CCC1C(=O)N(c2ccc(-c3cncc(B4OC(C)(C)C(C)(C)O4)c3)cc2)c2ccccc21. The van der Waals surface area contributed by atoms with E-state index < -0.39 is 18.3 Å². The molecule has 2 aliphatic heterocycles. The zero-order valence-corrected chi connectivity index (χ0v) is 19.8. The number of carbonyl (C=O) groups is 1. The minimum atomic E-state index is -0.452. The number of amides is 1. The normalized spacial score (nSPS) is 20.9. The molecular formula is C27H29BN2O3. The van der Waals surface area contributed by atoms with Gasteiger partial charge in [-0.1, -0.05) is 43.3 Å². The molecule has 1 fully saturated rings. The monoisotopic (exact) mass is 440 g/mol. The third kappa shape index (κ3) is 3.58. The molecule has 0 saturated carbocycles. The second-order valence-electron chi connectivity index (χ2n) is 9.84. The second kappa shape index (κ2) is 7.82. The Bertz CT molecular complexity index is 1190. The summed E-state index contributed by atoms with van der Waals surface area (Å²) >= 11 is 0. The fraction of sp³-hybridized carbons (Fsp3) is 0.333. The third-order valence-electron chi connectivity index (χ3n) is 7.22. The van der Waals surface area contributed by atoms with Gasteiger partial charge in [-0.2, -0.15) is 0 Å². The van der Waals surface area contributed by atoms with E-state index in [-0.39, 0.29) is 11.8 Å². The summed E-state index contributed by atoms with van der Waals surface area (Å²) in [6.45, 7) is 10.2. The quantitative estimate of drug-likeness (QED) is 0.522. The number of fused-ring (bicyclic) bond motifs is 1. The first-order chi connectivity index (χ1) is 15.7. The van der Waals surface area contributed by atoms with Crippen LogP contribution in [0.3, 0.4) is 0 Å². The zero-order chi connectivity index (χ0) is 23.4. The van der Waals surface area contributed by atoms with Gasteiger partial charge < -0.3 is 9.31 Å². The van der Waals surface area contributed by atoms with Crippen LogP contribution in [0.25, 0.3) is 11.1 Å². The van der Waals surface area contributed by atoms with E-state index >= 15 is 0 Å². The minimum Gasteiger partial charge on any atom is -0.399 e. The van der Waals surface area contributed by atoms with Gasteiger partial charge in [0.1, 0.15) is 0 Å².